The molecule has 0 heterocycles. The van der Waals surface area contributed by atoms with Crippen LogP contribution < -0.4 is 10.1 Å². The standard InChI is InChI=1S/C15H13ClF3NO/c1-10-6-7-12(8-13(10)16)20-9-11-4-2-3-5-14(11)21-15(17,18)19/h2-8,20H,9H2,1H3. The van der Waals surface area contributed by atoms with E-state index in [4.69, 9.17) is 11.6 Å². The van der Waals surface area contributed by atoms with Gasteiger partial charge in [-0.2, -0.15) is 0 Å². The zero-order valence-electron chi connectivity index (χ0n) is 11.2. The van der Waals surface area contributed by atoms with Crippen molar-refractivity contribution >= 4 is 17.3 Å². The van der Waals surface area contributed by atoms with E-state index >= 15 is 0 Å². The lowest BCUT2D eigenvalue weighted by molar-refractivity contribution is -0.274. The van der Waals surface area contributed by atoms with Gasteiger partial charge < -0.3 is 10.1 Å². The summed E-state index contributed by atoms with van der Waals surface area (Å²) in [5.41, 5.74) is 2.07. The van der Waals surface area contributed by atoms with E-state index in [1.165, 1.54) is 12.1 Å². The molecule has 0 fully saturated rings. The second kappa shape index (κ2) is 6.26. The van der Waals surface area contributed by atoms with E-state index in [2.05, 4.69) is 10.1 Å². The van der Waals surface area contributed by atoms with Crippen LogP contribution in [0.3, 0.4) is 0 Å². The molecule has 0 saturated carbocycles. The maximum absolute atomic E-state index is 12.3. The largest absolute Gasteiger partial charge is 0.573 e. The summed E-state index contributed by atoms with van der Waals surface area (Å²) >= 11 is 6.00. The summed E-state index contributed by atoms with van der Waals surface area (Å²) in [6.45, 7) is 2.07. The van der Waals surface area contributed by atoms with E-state index < -0.39 is 6.36 Å². The van der Waals surface area contributed by atoms with E-state index in [-0.39, 0.29) is 12.3 Å². The summed E-state index contributed by atoms with van der Waals surface area (Å²) < 4.78 is 41.0. The van der Waals surface area contributed by atoms with Crippen LogP contribution in [0.5, 0.6) is 5.75 Å². The van der Waals surface area contributed by atoms with Gasteiger partial charge in [-0.1, -0.05) is 35.9 Å². The van der Waals surface area contributed by atoms with Crippen molar-refractivity contribution in [3.8, 4) is 5.75 Å². The number of rotatable bonds is 4. The van der Waals surface area contributed by atoms with Gasteiger partial charge in [-0.05, 0) is 30.7 Å². The molecule has 0 aliphatic rings. The van der Waals surface area contributed by atoms with Crippen molar-refractivity contribution in [2.75, 3.05) is 5.32 Å². The number of halogens is 4. The van der Waals surface area contributed by atoms with Crippen LogP contribution in [-0.4, -0.2) is 6.36 Å². The van der Waals surface area contributed by atoms with Crippen molar-refractivity contribution in [1.29, 1.82) is 0 Å². The minimum Gasteiger partial charge on any atom is -0.405 e. The Hall–Kier alpha value is -1.88. The van der Waals surface area contributed by atoms with E-state index in [1.807, 2.05) is 19.1 Å². The molecule has 0 unspecified atom stereocenters. The van der Waals surface area contributed by atoms with Gasteiger partial charge in [0.2, 0.25) is 0 Å². The van der Waals surface area contributed by atoms with Crippen molar-refractivity contribution in [3.63, 3.8) is 0 Å². The summed E-state index contributed by atoms with van der Waals surface area (Å²) in [6, 6.07) is 11.4. The third-order valence-corrected chi connectivity index (χ3v) is 3.26. The fraction of sp³-hybridized carbons (Fsp3) is 0.200. The quantitative estimate of drug-likeness (QED) is 0.841. The lowest BCUT2D eigenvalue weighted by Crippen LogP contribution is -2.18. The minimum absolute atomic E-state index is 0.200. The molecule has 0 aromatic heterocycles. The number of ether oxygens (including phenoxy) is 1. The fourth-order valence-corrected chi connectivity index (χ4v) is 1.95. The Morgan fingerprint density at radius 1 is 1.14 bits per heavy atom. The molecule has 21 heavy (non-hydrogen) atoms. The Morgan fingerprint density at radius 3 is 2.52 bits per heavy atom. The second-order valence-electron chi connectivity index (χ2n) is 4.47. The molecular formula is C15H13ClF3NO. The highest BCUT2D eigenvalue weighted by atomic mass is 35.5. The van der Waals surface area contributed by atoms with Crippen LogP contribution in [0.2, 0.25) is 5.02 Å². The molecule has 2 rings (SSSR count). The van der Waals surface area contributed by atoms with Gasteiger partial charge in [0.05, 0.1) is 0 Å². The Balaban J connectivity index is 2.11. The smallest absolute Gasteiger partial charge is 0.405 e. The van der Waals surface area contributed by atoms with Gasteiger partial charge in [0.1, 0.15) is 5.75 Å². The lowest BCUT2D eigenvalue weighted by atomic mass is 10.2. The van der Waals surface area contributed by atoms with Gasteiger partial charge in [-0.3, -0.25) is 0 Å². The molecule has 2 aromatic carbocycles. The van der Waals surface area contributed by atoms with Crippen LogP contribution >= 0.6 is 11.6 Å². The molecule has 0 radical (unpaired) electrons. The summed E-state index contributed by atoms with van der Waals surface area (Å²) in [5, 5.41) is 3.62. The molecule has 0 saturated heterocycles. The number of alkyl halides is 3. The zero-order valence-corrected chi connectivity index (χ0v) is 11.9. The molecule has 0 bridgehead atoms. The van der Waals surface area contributed by atoms with Gasteiger partial charge in [0.15, 0.2) is 0 Å². The minimum atomic E-state index is -4.71. The maximum Gasteiger partial charge on any atom is 0.573 e. The normalized spacial score (nSPS) is 11.3. The molecule has 2 nitrogen and oxygen atoms in total. The third kappa shape index (κ3) is 4.56. The molecule has 0 atom stereocenters. The summed E-state index contributed by atoms with van der Waals surface area (Å²) in [7, 11) is 0. The Kier molecular flexibility index (Phi) is 4.63. The number of nitrogens with one attached hydrogen (secondary N) is 1. The molecule has 6 heteroatoms. The van der Waals surface area contributed by atoms with Gasteiger partial charge in [0, 0.05) is 22.8 Å². The van der Waals surface area contributed by atoms with Gasteiger partial charge in [0.25, 0.3) is 0 Å². The summed E-state index contributed by atoms with van der Waals surface area (Å²) in [5.74, 6) is -0.212. The number of aryl methyl sites for hydroxylation is 1. The topological polar surface area (TPSA) is 21.3 Å². The monoisotopic (exact) mass is 315 g/mol. The molecule has 1 N–H and O–H groups in total. The molecule has 2 aromatic rings. The second-order valence-corrected chi connectivity index (χ2v) is 4.88. The van der Waals surface area contributed by atoms with Crippen molar-refractivity contribution in [1.82, 2.24) is 0 Å². The van der Waals surface area contributed by atoms with Crippen molar-refractivity contribution in [2.45, 2.75) is 19.8 Å². The molecule has 112 valence electrons. The van der Waals surface area contributed by atoms with E-state index in [9.17, 15) is 13.2 Å². The highest BCUT2D eigenvalue weighted by molar-refractivity contribution is 6.31. The van der Waals surface area contributed by atoms with Crippen LogP contribution in [0, 0.1) is 6.92 Å². The zero-order chi connectivity index (χ0) is 15.5. The van der Waals surface area contributed by atoms with Crippen LogP contribution in [0.4, 0.5) is 18.9 Å². The van der Waals surface area contributed by atoms with Crippen LogP contribution in [0.1, 0.15) is 11.1 Å². The molecule has 0 amide bonds. The average molecular weight is 316 g/mol. The predicted octanol–water partition coefficient (Wildman–Crippen LogP) is 5.16. The summed E-state index contributed by atoms with van der Waals surface area (Å²) in [6.07, 6.45) is -4.71. The van der Waals surface area contributed by atoms with Crippen molar-refractivity contribution in [3.05, 3.63) is 58.6 Å². The van der Waals surface area contributed by atoms with E-state index in [0.717, 1.165) is 11.3 Å². The number of para-hydroxylation sites is 1. The number of hydrogen-bond donors (Lipinski definition) is 1. The maximum atomic E-state index is 12.3. The lowest BCUT2D eigenvalue weighted by Gasteiger charge is -2.14. The number of hydrogen-bond acceptors (Lipinski definition) is 2. The highest BCUT2D eigenvalue weighted by Crippen LogP contribution is 2.27. The molecular weight excluding hydrogens is 303 g/mol. The van der Waals surface area contributed by atoms with Crippen molar-refractivity contribution in [2.24, 2.45) is 0 Å². The van der Waals surface area contributed by atoms with E-state index in [1.54, 1.807) is 18.2 Å². The Bertz CT molecular complexity index is 629. The van der Waals surface area contributed by atoms with E-state index in [0.29, 0.717) is 10.6 Å². The third-order valence-electron chi connectivity index (χ3n) is 2.85. The SMILES string of the molecule is Cc1ccc(NCc2ccccc2OC(F)(F)F)cc1Cl. The summed E-state index contributed by atoms with van der Waals surface area (Å²) in [4.78, 5) is 0. The first-order valence-electron chi connectivity index (χ1n) is 6.19. The average Bonchev–Trinajstić information content (AvgIpc) is 2.40. The van der Waals surface area contributed by atoms with Gasteiger partial charge >= 0.3 is 6.36 Å². The Morgan fingerprint density at radius 2 is 1.86 bits per heavy atom. The number of anilines is 1. The number of benzene rings is 2. The molecule has 0 aliphatic carbocycles. The van der Waals surface area contributed by atoms with Gasteiger partial charge in [-0.15, -0.1) is 13.2 Å². The van der Waals surface area contributed by atoms with Crippen LogP contribution in [-0.2, 0) is 6.54 Å². The fourth-order valence-electron chi connectivity index (χ4n) is 1.77. The Labute approximate surface area is 125 Å². The van der Waals surface area contributed by atoms with Crippen LogP contribution in [0.15, 0.2) is 42.5 Å². The van der Waals surface area contributed by atoms with Crippen molar-refractivity contribution < 1.29 is 17.9 Å². The highest BCUT2D eigenvalue weighted by Gasteiger charge is 2.31. The first-order valence-corrected chi connectivity index (χ1v) is 6.56. The van der Waals surface area contributed by atoms with Gasteiger partial charge in [-0.25, -0.2) is 0 Å². The first-order chi connectivity index (χ1) is 9.85. The molecule has 0 spiro atoms. The molecule has 0 aliphatic heterocycles. The predicted molar refractivity (Wildman–Crippen MR) is 76.6 cm³/mol. The first kappa shape index (κ1) is 15.5. The van der Waals surface area contributed by atoms with Crippen LogP contribution in [0.25, 0.3) is 0 Å².